The van der Waals surface area contributed by atoms with E-state index in [1.165, 1.54) is 0 Å². The van der Waals surface area contributed by atoms with Gasteiger partial charge in [-0.05, 0) is 0 Å². The fourth-order valence-corrected chi connectivity index (χ4v) is 1.66. The van der Waals surface area contributed by atoms with Crippen molar-refractivity contribution >= 4 is 0 Å². The molecule has 4 heteroatoms. The highest BCUT2D eigenvalue weighted by atomic mass is 15.4. The number of hydrogen-bond acceptors (Lipinski definition) is 3. The fourth-order valence-electron chi connectivity index (χ4n) is 1.66. The molecule has 1 aromatic heterocycles. The molecule has 1 N–H and O–H groups in total. The minimum absolute atomic E-state index is 0.481. The molecule has 0 amide bonds. The van der Waals surface area contributed by atoms with Crippen LogP contribution in [0.15, 0.2) is 36.5 Å². The van der Waals surface area contributed by atoms with Gasteiger partial charge in [-0.3, -0.25) is 0 Å². The summed E-state index contributed by atoms with van der Waals surface area (Å²) in [6.45, 7) is 2.00. The van der Waals surface area contributed by atoms with Gasteiger partial charge in [0.25, 0.3) is 0 Å². The zero-order valence-electron chi connectivity index (χ0n) is 8.30. The van der Waals surface area contributed by atoms with Crippen molar-refractivity contribution in [3.05, 3.63) is 36.5 Å². The molecule has 76 valence electrons. The first-order valence-corrected chi connectivity index (χ1v) is 5.11. The molecule has 3 rings (SSSR count). The Bertz CT molecular complexity index is 445. The van der Waals surface area contributed by atoms with E-state index in [4.69, 9.17) is 0 Å². The number of benzene rings is 1. The van der Waals surface area contributed by atoms with E-state index < -0.39 is 0 Å². The molecule has 0 aliphatic carbocycles. The average Bonchev–Trinajstić information content (AvgIpc) is 2.66. The van der Waals surface area contributed by atoms with Crippen LogP contribution in [-0.4, -0.2) is 28.1 Å². The van der Waals surface area contributed by atoms with E-state index in [9.17, 15) is 0 Å². The van der Waals surface area contributed by atoms with Crippen molar-refractivity contribution in [3.8, 4) is 11.3 Å². The molecule has 1 aliphatic rings. The van der Waals surface area contributed by atoms with E-state index >= 15 is 0 Å². The number of hydrogen-bond donors (Lipinski definition) is 1. The van der Waals surface area contributed by atoms with Crippen LogP contribution in [0.3, 0.4) is 0 Å². The predicted molar refractivity (Wildman–Crippen MR) is 57.4 cm³/mol. The van der Waals surface area contributed by atoms with Crippen LogP contribution >= 0.6 is 0 Å². The van der Waals surface area contributed by atoms with Crippen molar-refractivity contribution in [2.24, 2.45) is 0 Å². The molecule has 1 saturated heterocycles. The zero-order valence-corrected chi connectivity index (χ0v) is 8.30. The summed E-state index contributed by atoms with van der Waals surface area (Å²) < 4.78 is 1.94. The van der Waals surface area contributed by atoms with Crippen LogP contribution < -0.4 is 5.32 Å². The van der Waals surface area contributed by atoms with Crippen LogP contribution in [0.25, 0.3) is 11.3 Å². The Hall–Kier alpha value is -1.68. The highest BCUT2D eigenvalue weighted by molar-refractivity contribution is 5.57. The molecular formula is C11H12N4. The van der Waals surface area contributed by atoms with E-state index in [2.05, 4.69) is 15.6 Å². The summed E-state index contributed by atoms with van der Waals surface area (Å²) in [5.74, 6) is 0. The maximum absolute atomic E-state index is 4.17. The van der Waals surface area contributed by atoms with Gasteiger partial charge in [0.05, 0.1) is 12.2 Å². The molecule has 0 saturated carbocycles. The summed E-state index contributed by atoms with van der Waals surface area (Å²) in [5, 5.41) is 11.5. The molecule has 1 aliphatic heterocycles. The average molecular weight is 200 g/mol. The van der Waals surface area contributed by atoms with Gasteiger partial charge in [-0.2, -0.15) is 0 Å². The van der Waals surface area contributed by atoms with Gasteiger partial charge in [-0.1, -0.05) is 35.5 Å². The lowest BCUT2D eigenvalue weighted by atomic mass is 10.1. The molecule has 2 heterocycles. The maximum Gasteiger partial charge on any atom is 0.113 e. The number of aromatic nitrogens is 3. The molecule has 4 nitrogen and oxygen atoms in total. The Balaban J connectivity index is 1.90. The number of nitrogens with one attached hydrogen (secondary N) is 1. The third kappa shape index (κ3) is 1.53. The Labute approximate surface area is 87.9 Å². The second kappa shape index (κ2) is 3.47. The highest BCUT2D eigenvalue weighted by Gasteiger charge is 2.20. The predicted octanol–water partition coefficient (Wildman–Crippen LogP) is 1.09. The first kappa shape index (κ1) is 8.61. The number of rotatable bonds is 2. The van der Waals surface area contributed by atoms with Crippen LogP contribution in [0.1, 0.15) is 6.04 Å². The lowest BCUT2D eigenvalue weighted by Crippen LogP contribution is -2.43. The zero-order chi connectivity index (χ0) is 10.1. The summed E-state index contributed by atoms with van der Waals surface area (Å²) in [6.07, 6.45) is 2.01. The smallest absolute Gasteiger partial charge is 0.113 e. The van der Waals surface area contributed by atoms with E-state index in [1.54, 1.807) is 0 Å². The second-order valence-corrected chi connectivity index (χ2v) is 3.76. The minimum atomic E-state index is 0.481. The normalized spacial score (nSPS) is 16.3. The minimum Gasteiger partial charge on any atom is -0.312 e. The van der Waals surface area contributed by atoms with E-state index in [0.717, 1.165) is 24.3 Å². The maximum atomic E-state index is 4.17. The molecular weight excluding hydrogens is 188 g/mol. The first-order chi connectivity index (χ1) is 7.43. The molecule has 0 atom stereocenters. The van der Waals surface area contributed by atoms with Gasteiger partial charge in [-0.25, -0.2) is 4.68 Å². The van der Waals surface area contributed by atoms with Gasteiger partial charge in [0, 0.05) is 18.7 Å². The molecule has 0 unspecified atom stereocenters. The Morgan fingerprint density at radius 2 is 2.00 bits per heavy atom. The van der Waals surface area contributed by atoms with Crippen molar-refractivity contribution in [2.45, 2.75) is 6.04 Å². The summed E-state index contributed by atoms with van der Waals surface area (Å²) in [5.41, 5.74) is 2.07. The highest BCUT2D eigenvalue weighted by Crippen LogP contribution is 2.17. The largest absolute Gasteiger partial charge is 0.312 e. The van der Waals surface area contributed by atoms with Gasteiger partial charge in [0.15, 0.2) is 0 Å². The topological polar surface area (TPSA) is 42.7 Å². The molecule has 0 radical (unpaired) electrons. The van der Waals surface area contributed by atoms with Gasteiger partial charge < -0.3 is 5.32 Å². The van der Waals surface area contributed by atoms with E-state index in [1.807, 2.05) is 41.2 Å². The van der Waals surface area contributed by atoms with E-state index in [-0.39, 0.29) is 0 Å². The molecule has 0 bridgehead atoms. The van der Waals surface area contributed by atoms with Crippen LogP contribution in [0.2, 0.25) is 0 Å². The summed E-state index contributed by atoms with van der Waals surface area (Å²) in [6, 6.07) is 10.6. The molecule has 1 aromatic carbocycles. The van der Waals surface area contributed by atoms with Crippen molar-refractivity contribution < 1.29 is 0 Å². The summed E-state index contributed by atoms with van der Waals surface area (Å²) >= 11 is 0. The van der Waals surface area contributed by atoms with Gasteiger partial charge in [0.2, 0.25) is 0 Å². The third-order valence-corrected chi connectivity index (χ3v) is 2.71. The van der Waals surface area contributed by atoms with Crippen LogP contribution in [0.4, 0.5) is 0 Å². The molecule has 1 fully saturated rings. The quantitative estimate of drug-likeness (QED) is 0.789. The molecule has 15 heavy (non-hydrogen) atoms. The van der Waals surface area contributed by atoms with Gasteiger partial charge in [0.1, 0.15) is 5.69 Å². The fraction of sp³-hybridized carbons (Fsp3) is 0.273. The van der Waals surface area contributed by atoms with Crippen molar-refractivity contribution in [3.63, 3.8) is 0 Å². The Morgan fingerprint density at radius 3 is 2.67 bits per heavy atom. The molecule has 0 spiro atoms. The van der Waals surface area contributed by atoms with Gasteiger partial charge >= 0.3 is 0 Å². The Morgan fingerprint density at radius 1 is 1.20 bits per heavy atom. The third-order valence-electron chi connectivity index (χ3n) is 2.71. The standard InChI is InChI=1S/C11H12N4/c1-2-4-9(5-3-1)11-8-15(14-13-11)10-6-12-7-10/h1-5,8,10,12H,6-7H2. The number of nitrogens with zero attached hydrogens (tertiary/aromatic N) is 3. The van der Waals surface area contributed by atoms with Gasteiger partial charge in [-0.15, -0.1) is 5.10 Å². The SMILES string of the molecule is c1ccc(-c2cn(C3CNC3)nn2)cc1. The van der Waals surface area contributed by atoms with Crippen molar-refractivity contribution in [1.82, 2.24) is 20.3 Å². The lowest BCUT2D eigenvalue weighted by molar-refractivity contribution is 0.313. The summed E-state index contributed by atoms with van der Waals surface area (Å²) in [7, 11) is 0. The van der Waals surface area contributed by atoms with Crippen molar-refractivity contribution in [1.29, 1.82) is 0 Å². The van der Waals surface area contributed by atoms with Crippen molar-refractivity contribution in [2.75, 3.05) is 13.1 Å². The van der Waals surface area contributed by atoms with Crippen LogP contribution in [0.5, 0.6) is 0 Å². The van der Waals surface area contributed by atoms with E-state index in [0.29, 0.717) is 6.04 Å². The Kier molecular flexibility index (Phi) is 1.99. The summed E-state index contributed by atoms with van der Waals surface area (Å²) in [4.78, 5) is 0. The molecule has 2 aromatic rings. The lowest BCUT2D eigenvalue weighted by Gasteiger charge is -2.26. The second-order valence-electron chi connectivity index (χ2n) is 3.76. The monoisotopic (exact) mass is 200 g/mol. The van der Waals surface area contributed by atoms with Crippen LogP contribution in [0, 0.1) is 0 Å². The first-order valence-electron chi connectivity index (χ1n) is 5.11. The van der Waals surface area contributed by atoms with Crippen LogP contribution in [-0.2, 0) is 0 Å².